The maximum atomic E-state index is 12.3. The summed E-state index contributed by atoms with van der Waals surface area (Å²) in [6.45, 7) is 3.71. The number of aryl methyl sites for hydroxylation is 1. The highest BCUT2D eigenvalue weighted by atomic mass is 16.5. The van der Waals surface area contributed by atoms with Crippen LogP contribution in [-0.4, -0.2) is 59.3 Å². The summed E-state index contributed by atoms with van der Waals surface area (Å²) >= 11 is 0. The number of carbonyl (C=O) groups is 1. The van der Waals surface area contributed by atoms with Gasteiger partial charge >= 0.3 is 0 Å². The topological polar surface area (TPSA) is 103 Å². The standard InChI is InChI=1S/C21H23N5O4/c1-14-8-20(25-30-14)24-21(27)13-26-6-7-29-19(12-26)18-11-22-10-17(23-18)15-4-3-5-16(9-15)28-2/h3-5,8-11,19H,6-7,12-13H2,1-2H3,(H,24,25,27)/t19-/m0/s1. The van der Waals surface area contributed by atoms with Crippen LogP contribution in [-0.2, 0) is 9.53 Å². The van der Waals surface area contributed by atoms with Crippen molar-refractivity contribution in [2.75, 3.05) is 38.7 Å². The normalized spacial score (nSPS) is 16.9. The van der Waals surface area contributed by atoms with E-state index < -0.39 is 0 Å². The van der Waals surface area contributed by atoms with Gasteiger partial charge in [0.1, 0.15) is 17.6 Å². The van der Waals surface area contributed by atoms with E-state index >= 15 is 0 Å². The molecule has 0 aliphatic carbocycles. The Morgan fingerprint density at radius 3 is 3.03 bits per heavy atom. The number of carbonyl (C=O) groups excluding carboxylic acids is 1. The highest BCUT2D eigenvalue weighted by Crippen LogP contribution is 2.25. The van der Waals surface area contributed by atoms with E-state index in [2.05, 4.69) is 15.5 Å². The van der Waals surface area contributed by atoms with Gasteiger partial charge in [0.05, 0.1) is 44.0 Å². The Morgan fingerprint density at radius 1 is 1.33 bits per heavy atom. The lowest BCUT2D eigenvalue weighted by Gasteiger charge is -2.32. The van der Waals surface area contributed by atoms with Gasteiger partial charge in [-0.05, 0) is 19.1 Å². The van der Waals surface area contributed by atoms with Gasteiger partial charge in [-0.1, -0.05) is 17.3 Å². The Kier molecular flexibility index (Phi) is 6.01. The molecule has 1 saturated heterocycles. The second kappa shape index (κ2) is 9.02. The summed E-state index contributed by atoms with van der Waals surface area (Å²) in [6.07, 6.45) is 3.15. The highest BCUT2D eigenvalue weighted by Gasteiger charge is 2.25. The zero-order chi connectivity index (χ0) is 20.9. The average Bonchev–Trinajstić information content (AvgIpc) is 3.18. The second-order valence-corrected chi connectivity index (χ2v) is 7.03. The zero-order valence-electron chi connectivity index (χ0n) is 16.9. The number of aromatic nitrogens is 3. The Bertz CT molecular complexity index is 1020. The summed E-state index contributed by atoms with van der Waals surface area (Å²) in [5.41, 5.74) is 2.39. The van der Waals surface area contributed by atoms with Crippen molar-refractivity contribution in [1.29, 1.82) is 0 Å². The number of rotatable bonds is 6. The highest BCUT2D eigenvalue weighted by molar-refractivity contribution is 5.91. The minimum absolute atomic E-state index is 0.153. The molecule has 0 radical (unpaired) electrons. The summed E-state index contributed by atoms with van der Waals surface area (Å²) in [6, 6.07) is 9.35. The van der Waals surface area contributed by atoms with E-state index in [1.54, 1.807) is 32.5 Å². The van der Waals surface area contributed by atoms with Gasteiger partial charge < -0.3 is 19.3 Å². The van der Waals surface area contributed by atoms with Crippen molar-refractivity contribution in [2.24, 2.45) is 0 Å². The summed E-state index contributed by atoms with van der Waals surface area (Å²) in [7, 11) is 1.63. The quantitative estimate of drug-likeness (QED) is 0.662. The number of amides is 1. The molecule has 3 aromatic rings. The molecule has 0 bridgehead atoms. The lowest BCUT2D eigenvalue weighted by Crippen LogP contribution is -2.42. The van der Waals surface area contributed by atoms with Crippen LogP contribution >= 0.6 is 0 Å². The smallest absolute Gasteiger partial charge is 0.239 e. The SMILES string of the molecule is COc1cccc(-c2cncc([C@@H]3CN(CC(=O)Nc4cc(C)on4)CCO3)n2)c1. The van der Waals surface area contributed by atoms with Crippen LogP contribution in [0.15, 0.2) is 47.2 Å². The number of morpholine rings is 1. The Balaban J connectivity index is 1.42. The molecule has 4 rings (SSSR count). The first-order valence-electron chi connectivity index (χ1n) is 9.64. The van der Waals surface area contributed by atoms with Crippen LogP contribution in [0.4, 0.5) is 5.82 Å². The number of anilines is 1. The van der Waals surface area contributed by atoms with Crippen molar-refractivity contribution in [3.8, 4) is 17.0 Å². The first-order valence-corrected chi connectivity index (χ1v) is 9.64. The van der Waals surface area contributed by atoms with E-state index in [9.17, 15) is 4.79 Å². The van der Waals surface area contributed by atoms with Gasteiger partial charge in [0, 0.05) is 24.7 Å². The van der Waals surface area contributed by atoms with Crippen LogP contribution in [0.2, 0.25) is 0 Å². The molecular weight excluding hydrogens is 386 g/mol. The van der Waals surface area contributed by atoms with Gasteiger partial charge in [0.15, 0.2) is 5.82 Å². The van der Waals surface area contributed by atoms with Crippen LogP contribution in [0.1, 0.15) is 17.6 Å². The molecule has 1 amide bonds. The number of nitrogens with zero attached hydrogens (tertiary/aromatic N) is 4. The maximum absolute atomic E-state index is 12.3. The minimum atomic E-state index is -0.265. The van der Waals surface area contributed by atoms with Crippen molar-refractivity contribution in [3.63, 3.8) is 0 Å². The molecule has 3 heterocycles. The lowest BCUT2D eigenvalue weighted by atomic mass is 10.1. The van der Waals surface area contributed by atoms with Gasteiger partial charge in [0.2, 0.25) is 5.91 Å². The Labute approximate surface area is 174 Å². The molecule has 1 aliphatic heterocycles. The Hall–Kier alpha value is -3.30. The van der Waals surface area contributed by atoms with Gasteiger partial charge in [-0.3, -0.25) is 14.7 Å². The van der Waals surface area contributed by atoms with E-state index in [1.165, 1.54) is 0 Å². The number of hydrogen-bond donors (Lipinski definition) is 1. The molecule has 1 N–H and O–H groups in total. The monoisotopic (exact) mass is 409 g/mol. The predicted molar refractivity (Wildman–Crippen MR) is 109 cm³/mol. The van der Waals surface area contributed by atoms with Crippen LogP contribution in [0.25, 0.3) is 11.3 Å². The number of hydrogen-bond acceptors (Lipinski definition) is 8. The molecular formula is C21H23N5O4. The van der Waals surface area contributed by atoms with E-state index in [-0.39, 0.29) is 18.6 Å². The molecule has 156 valence electrons. The summed E-state index contributed by atoms with van der Waals surface area (Å²) in [5.74, 6) is 1.67. The molecule has 1 fully saturated rings. The number of nitrogens with one attached hydrogen (secondary N) is 1. The van der Waals surface area contributed by atoms with Gasteiger partial charge in [-0.2, -0.15) is 0 Å². The van der Waals surface area contributed by atoms with Gasteiger partial charge in [0.25, 0.3) is 0 Å². The minimum Gasteiger partial charge on any atom is -0.497 e. The van der Waals surface area contributed by atoms with E-state index in [4.69, 9.17) is 19.0 Å². The molecule has 9 nitrogen and oxygen atoms in total. The largest absolute Gasteiger partial charge is 0.497 e. The number of ether oxygens (including phenoxy) is 2. The van der Waals surface area contributed by atoms with Crippen LogP contribution < -0.4 is 10.1 Å². The van der Waals surface area contributed by atoms with Crippen molar-refractivity contribution < 1.29 is 18.8 Å². The van der Waals surface area contributed by atoms with Crippen LogP contribution in [0, 0.1) is 6.92 Å². The average molecular weight is 409 g/mol. The molecule has 1 atom stereocenters. The fraction of sp³-hybridized carbons (Fsp3) is 0.333. The van der Waals surface area contributed by atoms with Crippen LogP contribution in [0.5, 0.6) is 5.75 Å². The number of benzene rings is 1. The van der Waals surface area contributed by atoms with E-state index in [0.717, 1.165) is 22.7 Å². The third kappa shape index (κ3) is 4.81. The summed E-state index contributed by atoms with van der Waals surface area (Å²) in [5, 5.41) is 6.52. The molecule has 1 aromatic carbocycles. The molecule has 9 heteroatoms. The molecule has 0 unspecified atom stereocenters. The third-order valence-electron chi connectivity index (χ3n) is 4.76. The van der Waals surface area contributed by atoms with Crippen molar-refractivity contribution in [3.05, 3.63) is 54.2 Å². The number of methoxy groups -OCH3 is 1. The molecule has 0 spiro atoms. The first-order chi connectivity index (χ1) is 14.6. The molecule has 30 heavy (non-hydrogen) atoms. The molecule has 1 aliphatic rings. The fourth-order valence-electron chi connectivity index (χ4n) is 3.29. The van der Waals surface area contributed by atoms with Crippen molar-refractivity contribution >= 4 is 11.7 Å². The maximum Gasteiger partial charge on any atom is 0.239 e. The van der Waals surface area contributed by atoms with Crippen molar-refractivity contribution in [2.45, 2.75) is 13.0 Å². The summed E-state index contributed by atoms with van der Waals surface area (Å²) in [4.78, 5) is 23.4. The van der Waals surface area contributed by atoms with Crippen LogP contribution in [0.3, 0.4) is 0 Å². The molecule has 2 aromatic heterocycles. The zero-order valence-corrected chi connectivity index (χ0v) is 16.9. The fourth-order valence-corrected chi connectivity index (χ4v) is 3.29. The third-order valence-corrected chi connectivity index (χ3v) is 4.76. The van der Waals surface area contributed by atoms with Gasteiger partial charge in [-0.25, -0.2) is 4.98 Å². The first kappa shape index (κ1) is 20.0. The van der Waals surface area contributed by atoms with Gasteiger partial charge in [-0.15, -0.1) is 0 Å². The molecule has 0 saturated carbocycles. The van der Waals surface area contributed by atoms with E-state index in [1.807, 2.05) is 29.2 Å². The van der Waals surface area contributed by atoms with Crippen molar-refractivity contribution in [1.82, 2.24) is 20.0 Å². The predicted octanol–water partition coefficient (Wildman–Crippen LogP) is 2.46. The van der Waals surface area contributed by atoms with E-state index in [0.29, 0.717) is 31.3 Å². The second-order valence-electron chi connectivity index (χ2n) is 7.03. The lowest BCUT2D eigenvalue weighted by molar-refractivity contribution is -0.119. The Morgan fingerprint density at radius 2 is 2.23 bits per heavy atom. The summed E-state index contributed by atoms with van der Waals surface area (Å²) < 4.78 is 16.2.